The zero-order valence-corrected chi connectivity index (χ0v) is 13.1. The van der Waals surface area contributed by atoms with E-state index in [-0.39, 0.29) is 0 Å². The Kier molecular flexibility index (Phi) is 4.38. The molecule has 1 aliphatic heterocycles. The van der Waals surface area contributed by atoms with Crippen LogP contribution in [0, 0.1) is 17.3 Å². The van der Waals surface area contributed by atoms with E-state index in [1.807, 2.05) is 0 Å². The van der Waals surface area contributed by atoms with Crippen molar-refractivity contribution in [1.82, 2.24) is 9.80 Å². The second-order valence-electron chi connectivity index (χ2n) is 7.94. The Morgan fingerprint density at radius 2 is 1.67 bits per heavy atom. The van der Waals surface area contributed by atoms with Gasteiger partial charge in [-0.05, 0) is 50.5 Å². The van der Waals surface area contributed by atoms with Crippen molar-refractivity contribution in [3.8, 4) is 0 Å². The van der Waals surface area contributed by atoms with Crippen molar-refractivity contribution >= 4 is 0 Å². The van der Waals surface area contributed by atoms with Gasteiger partial charge in [-0.2, -0.15) is 0 Å². The molecule has 0 bridgehead atoms. The highest BCUT2D eigenvalue weighted by atomic mass is 15.3. The zero-order valence-electron chi connectivity index (χ0n) is 13.1. The maximum Gasteiger partial charge on any atom is 0.0113 e. The lowest BCUT2D eigenvalue weighted by Gasteiger charge is -2.36. The maximum absolute atomic E-state index is 2.70. The second-order valence-corrected chi connectivity index (χ2v) is 7.94. The predicted molar refractivity (Wildman–Crippen MR) is 78.8 cm³/mol. The molecule has 2 heteroatoms. The second kappa shape index (κ2) is 5.50. The Morgan fingerprint density at radius 1 is 1.06 bits per heavy atom. The van der Waals surface area contributed by atoms with E-state index < -0.39 is 0 Å². The molecule has 3 unspecified atom stereocenters. The average Bonchev–Trinajstić information content (AvgIpc) is 2.94. The van der Waals surface area contributed by atoms with Crippen LogP contribution in [0.2, 0.25) is 0 Å². The van der Waals surface area contributed by atoms with Crippen LogP contribution in [-0.4, -0.2) is 49.1 Å². The molecular weight excluding hydrogens is 220 g/mol. The molecule has 0 radical (unpaired) electrons. The summed E-state index contributed by atoms with van der Waals surface area (Å²) in [5.41, 5.74) is 0.524. The molecule has 2 fully saturated rings. The maximum atomic E-state index is 2.70. The Balaban J connectivity index is 1.68. The smallest absolute Gasteiger partial charge is 0.0113 e. The van der Waals surface area contributed by atoms with E-state index in [1.54, 1.807) is 0 Å². The van der Waals surface area contributed by atoms with Crippen molar-refractivity contribution < 1.29 is 0 Å². The van der Waals surface area contributed by atoms with Crippen LogP contribution in [0.1, 0.15) is 47.0 Å². The summed E-state index contributed by atoms with van der Waals surface area (Å²) in [5, 5.41) is 0. The topological polar surface area (TPSA) is 6.48 Å². The van der Waals surface area contributed by atoms with Crippen molar-refractivity contribution in [1.29, 1.82) is 0 Å². The number of nitrogens with zero attached hydrogens (tertiary/aromatic N) is 2. The molecular formula is C16H32N2. The van der Waals surface area contributed by atoms with E-state index in [9.17, 15) is 0 Å². The van der Waals surface area contributed by atoms with Gasteiger partial charge in [0.25, 0.3) is 0 Å². The van der Waals surface area contributed by atoms with Gasteiger partial charge in [-0.25, -0.2) is 0 Å². The largest absolute Gasteiger partial charge is 0.304 e. The van der Waals surface area contributed by atoms with Crippen LogP contribution < -0.4 is 0 Å². The van der Waals surface area contributed by atoms with Gasteiger partial charge in [-0.15, -0.1) is 0 Å². The molecule has 2 rings (SSSR count). The van der Waals surface area contributed by atoms with Gasteiger partial charge in [0.05, 0.1) is 0 Å². The van der Waals surface area contributed by atoms with Crippen LogP contribution >= 0.6 is 0 Å². The van der Waals surface area contributed by atoms with Crippen LogP contribution in [0.15, 0.2) is 0 Å². The lowest BCUT2D eigenvalue weighted by Crippen LogP contribution is -2.48. The lowest BCUT2D eigenvalue weighted by atomic mass is 9.88. The van der Waals surface area contributed by atoms with Crippen molar-refractivity contribution in [3.63, 3.8) is 0 Å². The third-order valence-electron chi connectivity index (χ3n) is 4.75. The highest BCUT2D eigenvalue weighted by Gasteiger charge is 2.40. The molecule has 1 heterocycles. The first-order valence-corrected chi connectivity index (χ1v) is 7.78. The minimum Gasteiger partial charge on any atom is -0.304 e. The summed E-state index contributed by atoms with van der Waals surface area (Å²) in [6.07, 6.45) is 4.35. The molecule has 18 heavy (non-hydrogen) atoms. The number of hydrogen-bond acceptors (Lipinski definition) is 2. The van der Waals surface area contributed by atoms with Crippen molar-refractivity contribution in [2.24, 2.45) is 17.3 Å². The van der Waals surface area contributed by atoms with Crippen LogP contribution in [0.4, 0.5) is 0 Å². The molecule has 2 nitrogen and oxygen atoms in total. The first kappa shape index (κ1) is 14.3. The Bertz CT molecular complexity index is 261. The normalized spacial score (nSPS) is 32.5. The van der Waals surface area contributed by atoms with E-state index in [2.05, 4.69) is 44.5 Å². The summed E-state index contributed by atoms with van der Waals surface area (Å²) in [6, 6.07) is 0.800. The Hall–Kier alpha value is -0.0800. The summed E-state index contributed by atoms with van der Waals surface area (Å²) in [4.78, 5) is 5.15. The lowest BCUT2D eigenvalue weighted by molar-refractivity contribution is 0.110. The number of rotatable bonds is 4. The molecule has 1 saturated carbocycles. The highest BCUT2D eigenvalue weighted by Crippen LogP contribution is 2.48. The fraction of sp³-hybridized carbons (Fsp3) is 1.00. The summed E-state index contributed by atoms with van der Waals surface area (Å²) in [5.74, 6) is 2.05. The van der Waals surface area contributed by atoms with E-state index in [0.717, 1.165) is 17.9 Å². The van der Waals surface area contributed by atoms with Crippen molar-refractivity contribution in [3.05, 3.63) is 0 Å². The molecule has 0 aromatic heterocycles. The zero-order chi connectivity index (χ0) is 13.3. The molecule has 2 aliphatic rings. The third kappa shape index (κ3) is 4.24. The molecule has 106 valence electrons. The number of piperazine rings is 1. The highest BCUT2D eigenvalue weighted by molar-refractivity contribution is 4.91. The van der Waals surface area contributed by atoms with Gasteiger partial charge in [0.15, 0.2) is 0 Å². The van der Waals surface area contributed by atoms with E-state index >= 15 is 0 Å². The Labute approximate surface area is 114 Å². The molecule has 3 atom stereocenters. The molecule has 0 aromatic rings. The van der Waals surface area contributed by atoms with Gasteiger partial charge in [0, 0.05) is 32.2 Å². The summed E-state index contributed by atoms with van der Waals surface area (Å²) in [6.45, 7) is 14.6. The average molecular weight is 252 g/mol. The standard InChI is InChI=1S/C16H32N2/c1-13(18-8-6-17(5)7-9-18)10-14-11-15(14)12-16(2,3)4/h13-15H,6-12H2,1-5H3. The van der Waals surface area contributed by atoms with Crippen molar-refractivity contribution in [2.75, 3.05) is 33.2 Å². The Morgan fingerprint density at radius 3 is 2.22 bits per heavy atom. The molecule has 1 saturated heterocycles. The predicted octanol–water partition coefficient (Wildman–Crippen LogP) is 3.08. The van der Waals surface area contributed by atoms with Crippen LogP contribution in [0.25, 0.3) is 0 Å². The minimum atomic E-state index is 0.524. The number of likely N-dealkylation sites (N-methyl/N-ethyl adjacent to an activating group) is 1. The number of hydrogen-bond donors (Lipinski definition) is 0. The summed E-state index contributed by atoms with van der Waals surface area (Å²) in [7, 11) is 2.24. The van der Waals surface area contributed by atoms with Gasteiger partial charge < -0.3 is 4.90 Å². The van der Waals surface area contributed by atoms with Crippen LogP contribution in [0.3, 0.4) is 0 Å². The summed E-state index contributed by atoms with van der Waals surface area (Å²) >= 11 is 0. The first-order valence-electron chi connectivity index (χ1n) is 7.78. The SMILES string of the molecule is CC(CC1CC1CC(C)(C)C)N1CCN(C)CC1. The van der Waals surface area contributed by atoms with Gasteiger partial charge in [0.2, 0.25) is 0 Å². The minimum absolute atomic E-state index is 0.524. The van der Waals surface area contributed by atoms with E-state index in [1.165, 1.54) is 45.4 Å². The third-order valence-corrected chi connectivity index (χ3v) is 4.75. The quantitative estimate of drug-likeness (QED) is 0.758. The fourth-order valence-corrected chi connectivity index (χ4v) is 3.49. The van der Waals surface area contributed by atoms with Gasteiger partial charge in [0.1, 0.15) is 0 Å². The van der Waals surface area contributed by atoms with Gasteiger partial charge in [-0.3, -0.25) is 4.90 Å². The molecule has 0 N–H and O–H groups in total. The van der Waals surface area contributed by atoms with Gasteiger partial charge in [-0.1, -0.05) is 20.8 Å². The molecule has 0 amide bonds. The van der Waals surface area contributed by atoms with Crippen LogP contribution in [0.5, 0.6) is 0 Å². The molecule has 0 spiro atoms. The fourth-order valence-electron chi connectivity index (χ4n) is 3.49. The summed E-state index contributed by atoms with van der Waals surface area (Å²) < 4.78 is 0. The molecule has 0 aromatic carbocycles. The molecule has 1 aliphatic carbocycles. The van der Waals surface area contributed by atoms with Gasteiger partial charge >= 0.3 is 0 Å². The van der Waals surface area contributed by atoms with Crippen molar-refractivity contribution in [2.45, 2.75) is 53.0 Å². The first-order chi connectivity index (χ1) is 8.35. The van der Waals surface area contributed by atoms with E-state index in [0.29, 0.717) is 5.41 Å². The van der Waals surface area contributed by atoms with E-state index in [4.69, 9.17) is 0 Å². The monoisotopic (exact) mass is 252 g/mol. The van der Waals surface area contributed by atoms with Crippen LogP contribution in [-0.2, 0) is 0 Å².